The molecule has 7 heteroatoms. The van der Waals surface area contributed by atoms with E-state index in [1.54, 1.807) is 30.3 Å². The molecule has 1 aromatic heterocycles. The van der Waals surface area contributed by atoms with Crippen molar-refractivity contribution in [2.75, 3.05) is 6.61 Å². The monoisotopic (exact) mass is 446 g/mol. The van der Waals surface area contributed by atoms with Crippen molar-refractivity contribution in [2.45, 2.75) is 26.4 Å². The van der Waals surface area contributed by atoms with Crippen molar-refractivity contribution >= 4 is 32.9 Å². The van der Waals surface area contributed by atoms with E-state index in [1.165, 1.54) is 6.26 Å². The fraction of sp³-hybridized carbons (Fsp3) is 0.238. The number of hydrogen-bond acceptors (Lipinski definition) is 6. The van der Waals surface area contributed by atoms with Crippen molar-refractivity contribution < 1.29 is 23.4 Å². The van der Waals surface area contributed by atoms with Crippen molar-refractivity contribution in [3.05, 3.63) is 63.4 Å². The average molecular weight is 447 g/mol. The van der Waals surface area contributed by atoms with Crippen molar-refractivity contribution in [3.63, 3.8) is 0 Å². The first-order valence-electron chi connectivity index (χ1n) is 8.78. The fourth-order valence-corrected chi connectivity index (χ4v) is 2.75. The van der Waals surface area contributed by atoms with E-state index in [9.17, 15) is 9.59 Å². The summed E-state index contributed by atoms with van der Waals surface area (Å²) in [6.07, 6.45) is 1.83. The van der Waals surface area contributed by atoms with Crippen molar-refractivity contribution in [1.29, 1.82) is 0 Å². The predicted molar refractivity (Wildman–Crippen MR) is 108 cm³/mol. The minimum absolute atomic E-state index is 0.0743. The van der Waals surface area contributed by atoms with Gasteiger partial charge in [-0.15, -0.1) is 0 Å². The highest BCUT2D eigenvalue weighted by atomic mass is 79.9. The summed E-state index contributed by atoms with van der Waals surface area (Å²) < 4.78 is 22.5. The molecule has 0 N–H and O–H groups in total. The molecule has 1 heterocycles. The minimum atomic E-state index is -0.451. The van der Waals surface area contributed by atoms with Gasteiger partial charge in [-0.2, -0.15) is 0 Å². The van der Waals surface area contributed by atoms with Crippen LogP contribution < -0.4 is 14.9 Å². The topological polar surface area (TPSA) is 75.0 Å². The van der Waals surface area contributed by atoms with Crippen LogP contribution in [0.2, 0.25) is 0 Å². The van der Waals surface area contributed by atoms with Crippen LogP contribution in [-0.4, -0.2) is 18.7 Å². The van der Waals surface area contributed by atoms with Crippen LogP contribution in [0.1, 0.15) is 20.3 Å². The predicted octanol–water partition coefficient (Wildman–Crippen LogP) is 5.07. The third kappa shape index (κ3) is 4.72. The fourth-order valence-electron chi connectivity index (χ4n) is 2.38. The summed E-state index contributed by atoms with van der Waals surface area (Å²) in [5.41, 5.74) is 0.0250. The quantitative estimate of drug-likeness (QED) is 0.471. The van der Waals surface area contributed by atoms with Gasteiger partial charge in [0.2, 0.25) is 11.2 Å². The number of rotatable bonds is 7. The standard InChI is InChI=1S/C21H19BrO6/c1-3-13(2)27-20(23)12-25-14-8-9-15-18(10-14)26-11-19(21(15)24)28-17-7-5-4-6-16(17)22/h4-11,13H,3,12H2,1-2H3. The zero-order chi connectivity index (χ0) is 20.1. The van der Waals surface area contributed by atoms with Crippen LogP contribution in [0.3, 0.4) is 0 Å². The molecule has 2 aromatic carbocycles. The molecule has 3 rings (SSSR count). The number of hydrogen-bond donors (Lipinski definition) is 0. The molecule has 1 unspecified atom stereocenters. The Morgan fingerprint density at radius 2 is 1.96 bits per heavy atom. The Hall–Kier alpha value is -2.80. The Morgan fingerprint density at radius 3 is 2.71 bits per heavy atom. The molecule has 0 saturated heterocycles. The van der Waals surface area contributed by atoms with E-state index in [-0.39, 0.29) is 23.9 Å². The lowest BCUT2D eigenvalue weighted by atomic mass is 10.2. The second-order valence-electron chi connectivity index (χ2n) is 6.12. The number of para-hydroxylation sites is 1. The number of benzene rings is 2. The van der Waals surface area contributed by atoms with E-state index in [0.717, 1.165) is 10.9 Å². The van der Waals surface area contributed by atoms with E-state index in [1.807, 2.05) is 26.0 Å². The number of ether oxygens (including phenoxy) is 3. The molecule has 3 aromatic rings. The molecule has 0 radical (unpaired) electrons. The molecule has 0 aliphatic rings. The molecule has 1 atom stereocenters. The minimum Gasteiger partial charge on any atom is -0.482 e. The summed E-state index contributed by atoms with van der Waals surface area (Å²) >= 11 is 3.37. The Labute approximate surface area is 170 Å². The van der Waals surface area contributed by atoms with Crippen molar-refractivity contribution in [2.24, 2.45) is 0 Å². The van der Waals surface area contributed by atoms with Crippen LogP contribution in [0, 0.1) is 0 Å². The molecule has 0 saturated carbocycles. The number of carbonyl (C=O) groups is 1. The number of halogens is 1. The summed E-state index contributed by atoms with van der Waals surface area (Å²) in [5.74, 6) is 0.531. The van der Waals surface area contributed by atoms with E-state index >= 15 is 0 Å². The maximum Gasteiger partial charge on any atom is 0.344 e. The Kier molecular flexibility index (Phi) is 6.36. The lowest BCUT2D eigenvalue weighted by Gasteiger charge is -2.11. The van der Waals surface area contributed by atoms with Gasteiger partial charge in [0.15, 0.2) is 6.61 Å². The summed E-state index contributed by atoms with van der Waals surface area (Å²) in [6.45, 7) is 3.53. The molecule has 28 heavy (non-hydrogen) atoms. The van der Waals surface area contributed by atoms with E-state index < -0.39 is 5.97 Å². The first kappa shape index (κ1) is 19.9. The summed E-state index contributed by atoms with van der Waals surface area (Å²) in [6, 6.07) is 11.9. The third-order valence-corrected chi connectivity index (χ3v) is 4.69. The highest BCUT2D eigenvalue weighted by Crippen LogP contribution is 2.29. The third-order valence-electron chi connectivity index (χ3n) is 4.04. The van der Waals surface area contributed by atoms with Crippen LogP contribution in [0.15, 0.2) is 62.4 Å². The molecule has 6 nitrogen and oxygen atoms in total. The molecule has 0 amide bonds. The Balaban J connectivity index is 1.76. The van der Waals surface area contributed by atoms with Gasteiger partial charge in [-0.3, -0.25) is 4.79 Å². The van der Waals surface area contributed by atoms with Crippen LogP contribution in [0.25, 0.3) is 11.0 Å². The number of fused-ring (bicyclic) bond motifs is 1. The van der Waals surface area contributed by atoms with E-state index in [2.05, 4.69) is 15.9 Å². The van der Waals surface area contributed by atoms with Gasteiger partial charge in [0.05, 0.1) is 16.0 Å². The average Bonchev–Trinajstić information content (AvgIpc) is 2.70. The molecule has 0 aliphatic heterocycles. The SMILES string of the molecule is CCC(C)OC(=O)COc1ccc2c(=O)c(Oc3ccccc3Br)coc2c1. The van der Waals surface area contributed by atoms with Crippen molar-refractivity contribution in [1.82, 2.24) is 0 Å². The smallest absolute Gasteiger partial charge is 0.344 e. The zero-order valence-electron chi connectivity index (χ0n) is 15.4. The van der Waals surface area contributed by atoms with Crippen LogP contribution in [0.4, 0.5) is 0 Å². The van der Waals surface area contributed by atoms with Crippen molar-refractivity contribution in [3.8, 4) is 17.2 Å². The second-order valence-corrected chi connectivity index (χ2v) is 6.97. The van der Waals surface area contributed by atoms with Gasteiger partial charge in [0.25, 0.3) is 0 Å². The van der Waals surface area contributed by atoms with Gasteiger partial charge in [0.1, 0.15) is 23.3 Å². The summed E-state index contributed by atoms with van der Waals surface area (Å²) in [7, 11) is 0. The normalized spacial score (nSPS) is 11.8. The van der Waals surface area contributed by atoms with Gasteiger partial charge in [-0.1, -0.05) is 19.1 Å². The first-order chi connectivity index (χ1) is 13.5. The van der Waals surface area contributed by atoms with Gasteiger partial charge in [-0.05, 0) is 53.5 Å². The highest BCUT2D eigenvalue weighted by molar-refractivity contribution is 9.10. The Bertz CT molecular complexity index is 1040. The lowest BCUT2D eigenvalue weighted by Crippen LogP contribution is -2.20. The van der Waals surface area contributed by atoms with Crippen LogP contribution in [-0.2, 0) is 9.53 Å². The summed E-state index contributed by atoms with van der Waals surface area (Å²) in [4.78, 5) is 24.4. The molecule has 0 bridgehead atoms. The number of esters is 1. The second kappa shape index (κ2) is 8.93. The lowest BCUT2D eigenvalue weighted by molar-refractivity contribution is -0.150. The van der Waals surface area contributed by atoms with Gasteiger partial charge >= 0.3 is 5.97 Å². The molecular formula is C21H19BrO6. The Morgan fingerprint density at radius 1 is 1.18 bits per heavy atom. The molecule has 146 valence electrons. The van der Waals surface area contributed by atoms with E-state index in [4.69, 9.17) is 18.6 Å². The molecule has 0 aliphatic carbocycles. The van der Waals surface area contributed by atoms with Crippen LogP contribution >= 0.6 is 15.9 Å². The largest absolute Gasteiger partial charge is 0.482 e. The maximum atomic E-state index is 12.7. The highest BCUT2D eigenvalue weighted by Gasteiger charge is 2.13. The van der Waals surface area contributed by atoms with Gasteiger partial charge in [0, 0.05) is 6.07 Å². The summed E-state index contributed by atoms with van der Waals surface area (Å²) in [5, 5.41) is 0.346. The number of carbonyl (C=O) groups excluding carboxylic acids is 1. The van der Waals surface area contributed by atoms with Gasteiger partial charge in [-0.25, -0.2) is 4.79 Å². The molecule has 0 fully saturated rings. The molecule has 0 spiro atoms. The van der Waals surface area contributed by atoms with Gasteiger partial charge < -0.3 is 18.6 Å². The van der Waals surface area contributed by atoms with E-state index in [0.29, 0.717) is 22.5 Å². The molecular weight excluding hydrogens is 428 g/mol. The first-order valence-corrected chi connectivity index (χ1v) is 9.57. The van der Waals surface area contributed by atoms with Crippen LogP contribution in [0.5, 0.6) is 17.2 Å². The zero-order valence-corrected chi connectivity index (χ0v) is 17.0. The maximum absolute atomic E-state index is 12.7.